The van der Waals surface area contributed by atoms with Crippen LogP contribution in [0.15, 0.2) is 59.7 Å². The third-order valence-electron chi connectivity index (χ3n) is 3.75. The maximum atomic E-state index is 10.3. The van der Waals surface area contributed by atoms with Crippen LogP contribution < -0.4 is 10.1 Å². The topological polar surface area (TPSA) is 90.2 Å². The summed E-state index contributed by atoms with van der Waals surface area (Å²) in [4.78, 5) is 2.86. The third-order valence-corrected chi connectivity index (χ3v) is 3.75. The van der Waals surface area contributed by atoms with Gasteiger partial charge in [-0.05, 0) is 35.2 Å². The van der Waals surface area contributed by atoms with Gasteiger partial charge in [-0.3, -0.25) is 0 Å². The maximum absolute atomic E-state index is 10.3. The Bertz CT molecular complexity index is 672. The highest BCUT2D eigenvalue weighted by Crippen LogP contribution is 2.13. The van der Waals surface area contributed by atoms with Crippen molar-refractivity contribution in [3.05, 3.63) is 76.2 Å². The van der Waals surface area contributed by atoms with Crippen molar-refractivity contribution < 1.29 is 9.84 Å². The average Bonchev–Trinajstić information content (AvgIpc) is 2.62. The van der Waals surface area contributed by atoms with Crippen molar-refractivity contribution in [1.82, 2.24) is 5.32 Å². The number of rotatable bonds is 9. The van der Waals surface area contributed by atoms with E-state index in [4.69, 9.17) is 10.3 Å². The Morgan fingerprint density at radius 3 is 2.62 bits per heavy atom. The molecule has 6 nitrogen and oxygen atoms in total. The molecule has 2 rings (SSSR count). The number of ether oxygens (including phenoxy) is 1. The average molecular weight is 326 g/mol. The van der Waals surface area contributed by atoms with Gasteiger partial charge in [0.1, 0.15) is 5.75 Å². The fourth-order valence-corrected chi connectivity index (χ4v) is 2.46. The van der Waals surface area contributed by atoms with Gasteiger partial charge in [0.2, 0.25) is 0 Å². The largest absolute Gasteiger partial charge is 0.497 e. The van der Waals surface area contributed by atoms with Gasteiger partial charge in [-0.15, -0.1) is 0 Å². The molecule has 2 aromatic carbocycles. The normalized spacial score (nSPS) is 12.9. The molecule has 0 aliphatic rings. The molecule has 0 aliphatic carbocycles. The minimum Gasteiger partial charge on any atom is -0.497 e. The first kappa shape index (κ1) is 17.8. The van der Waals surface area contributed by atoms with Crippen molar-refractivity contribution in [3.8, 4) is 5.75 Å². The molecule has 0 unspecified atom stereocenters. The predicted molar refractivity (Wildman–Crippen MR) is 93.8 cm³/mol. The van der Waals surface area contributed by atoms with Crippen LogP contribution in [0.25, 0.3) is 10.4 Å². The summed E-state index contributed by atoms with van der Waals surface area (Å²) in [6.07, 6.45) is -0.251. The summed E-state index contributed by atoms with van der Waals surface area (Å²) in [6.45, 7) is 0.941. The molecular formula is C18H22N4O2. The minimum absolute atomic E-state index is 0.341. The smallest absolute Gasteiger partial charge is 0.119 e. The molecule has 126 valence electrons. The Labute approximate surface area is 141 Å². The number of hydrogen-bond acceptors (Lipinski definition) is 4. The zero-order valence-electron chi connectivity index (χ0n) is 13.7. The Kier molecular flexibility index (Phi) is 7.11. The predicted octanol–water partition coefficient (Wildman–Crippen LogP) is 3.07. The van der Waals surface area contributed by atoms with Crippen LogP contribution in [0.1, 0.15) is 11.1 Å². The molecule has 0 spiro atoms. The first-order valence-electron chi connectivity index (χ1n) is 7.82. The second-order valence-electron chi connectivity index (χ2n) is 5.51. The molecule has 0 amide bonds. The van der Waals surface area contributed by atoms with Crippen LogP contribution in [0.2, 0.25) is 0 Å². The Hall–Kier alpha value is -2.53. The zero-order chi connectivity index (χ0) is 17.2. The summed E-state index contributed by atoms with van der Waals surface area (Å²) in [6, 6.07) is 16.9. The van der Waals surface area contributed by atoms with Gasteiger partial charge < -0.3 is 15.2 Å². The van der Waals surface area contributed by atoms with Gasteiger partial charge in [0.05, 0.1) is 19.3 Å². The molecule has 2 aromatic rings. The van der Waals surface area contributed by atoms with Crippen LogP contribution in [-0.2, 0) is 13.0 Å². The second-order valence-corrected chi connectivity index (χ2v) is 5.51. The number of benzene rings is 2. The number of aliphatic hydroxyl groups excluding tert-OH is 1. The van der Waals surface area contributed by atoms with Crippen molar-refractivity contribution in [2.24, 2.45) is 5.11 Å². The first-order chi connectivity index (χ1) is 11.7. The van der Waals surface area contributed by atoms with E-state index in [2.05, 4.69) is 15.3 Å². The molecule has 0 bridgehead atoms. The van der Waals surface area contributed by atoms with Crippen LogP contribution in [0.5, 0.6) is 5.75 Å². The molecule has 0 aromatic heterocycles. The van der Waals surface area contributed by atoms with E-state index in [1.165, 1.54) is 0 Å². The van der Waals surface area contributed by atoms with Gasteiger partial charge in [-0.25, -0.2) is 0 Å². The Balaban J connectivity index is 1.88. The highest BCUT2D eigenvalue weighted by molar-refractivity contribution is 5.28. The first-order valence-corrected chi connectivity index (χ1v) is 7.82. The molecule has 0 aliphatic heterocycles. The number of azide groups is 1. The summed E-state index contributed by atoms with van der Waals surface area (Å²) in [7, 11) is 1.63. The lowest BCUT2D eigenvalue weighted by atomic mass is 10.0. The zero-order valence-corrected chi connectivity index (χ0v) is 13.7. The van der Waals surface area contributed by atoms with Crippen molar-refractivity contribution in [2.75, 3.05) is 13.7 Å². The molecule has 2 atom stereocenters. The second kappa shape index (κ2) is 9.57. The SMILES string of the molecule is COc1cccc(CNC[C@@H](O)[C@H](Cc2ccccc2)N=[N+]=[N-])c1. The Morgan fingerprint density at radius 1 is 1.17 bits per heavy atom. The lowest BCUT2D eigenvalue weighted by Crippen LogP contribution is -2.36. The van der Waals surface area contributed by atoms with Crippen molar-refractivity contribution in [2.45, 2.75) is 25.1 Å². The summed E-state index contributed by atoms with van der Waals surface area (Å²) in [5.74, 6) is 0.797. The maximum Gasteiger partial charge on any atom is 0.119 e. The van der Waals surface area contributed by atoms with Gasteiger partial charge in [-0.2, -0.15) is 0 Å². The van der Waals surface area contributed by atoms with Crippen LogP contribution >= 0.6 is 0 Å². The quantitative estimate of drug-likeness (QED) is 0.421. The standard InChI is InChI=1S/C18H22N4O2/c1-24-16-9-5-8-15(10-16)12-20-13-18(23)17(21-22-19)11-14-6-3-2-4-7-14/h2-10,17-18,20,23H,11-13H2,1H3/t17-,18+/m0/s1. The van der Waals surface area contributed by atoms with E-state index in [0.29, 0.717) is 19.5 Å². The van der Waals surface area contributed by atoms with Gasteiger partial charge in [0.25, 0.3) is 0 Å². The van der Waals surface area contributed by atoms with E-state index in [1.54, 1.807) is 7.11 Å². The van der Waals surface area contributed by atoms with E-state index in [1.807, 2.05) is 54.6 Å². The van der Waals surface area contributed by atoms with Gasteiger partial charge >= 0.3 is 0 Å². The number of hydrogen-bond donors (Lipinski definition) is 2. The highest BCUT2D eigenvalue weighted by Gasteiger charge is 2.18. The molecule has 0 saturated carbocycles. The summed E-state index contributed by atoms with van der Waals surface area (Å²) in [5, 5.41) is 17.3. The van der Waals surface area contributed by atoms with Crippen LogP contribution in [0.4, 0.5) is 0 Å². The molecule has 0 radical (unpaired) electrons. The molecular weight excluding hydrogens is 304 g/mol. The lowest BCUT2D eigenvalue weighted by molar-refractivity contribution is 0.141. The fourth-order valence-electron chi connectivity index (χ4n) is 2.46. The lowest BCUT2D eigenvalue weighted by Gasteiger charge is -2.19. The summed E-state index contributed by atoms with van der Waals surface area (Å²) < 4.78 is 5.19. The number of methoxy groups -OCH3 is 1. The molecule has 2 N–H and O–H groups in total. The van der Waals surface area contributed by atoms with Crippen LogP contribution in [0.3, 0.4) is 0 Å². The molecule has 0 fully saturated rings. The van der Waals surface area contributed by atoms with Crippen molar-refractivity contribution in [3.63, 3.8) is 0 Å². The fraction of sp³-hybridized carbons (Fsp3) is 0.333. The summed E-state index contributed by atoms with van der Waals surface area (Å²) in [5.41, 5.74) is 10.8. The molecule has 0 saturated heterocycles. The van der Waals surface area contributed by atoms with Gasteiger partial charge in [-0.1, -0.05) is 47.6 Å². The van der Waals surface area contributed by atoms with Crippen LogP contribution in [-0.4, -0.2) is 30.9 Å². The van der Waals surface area contributed by atoms with Gasteiger partial charge in [0.15, 0.2) is 0 Å². The molecule has 24 heavy (non-hydrogen) atoms. The minimum atomic E-state index is -0.758. The van der Waals surface area contributed by atoms with Crippen LogP contribution in [0, 0.1) is 0 Å². The molecule has 6 heteroatoms. The monoisotopic (exact) mass is 326 g/mol. The third kappa shape index (κ3) is 5.59. The van der Waals surface area contributed by atoms with E-state index < -0.39 is 12.1 Å². The van der Waals surface area contributed by atoms with Gasteiger partial charge in [0, 0.05) is 18.0 Å². The molecule has 0 heterocycles. The highest BCUT2D eigenvalue weighted by atomic mass is 16.5. The number of nitrogens with one attached hydrogen (secondary N) is 1. The van der Waals surface area contributed by atoms with E-state index in [9.17, 15) is 5.11 Å². The van der Waals surface area contributed by atoms with Crippen molar-refractivity contribution in [1.29, 1.82) is 0 Å². The van der Waals surface area contributed by atoms with E-state index >= 15 is 0 Å². The number of aliphatic hydroxyl groups is 1. The van der Waals surface area contributed by atoms with E-state index in [0.717, 1.165) is 16.9 Å². The Morgan fingerprint density at radius 2 is 1.92 bits per heavy atom. The summed E-state index contributed by atoms with van der Waals surface area (Å²) >= 11 is 0. The van der Waals surface area contributed by atoms with E-state index in [-0.39, 0.29) is 0 Å². The number of nitrogens with zero attached hydrogens (tertiary/aromatic N) is 3. The van der Waals surface area contributed by atoms with Crippen molar-refractivity contribution >= 4 is 0 Å².